The Balaban J connectivity index is 1.90. The number of fused-ring (bicyclic) bond motifs is 2. The lowest BCUT2D eigenvalue weighted by Gasteiger charge is -2.45. The Hall–Kier alpha value is -1.98. The third-order valence-corrected chi connectivity index (χ3v) is 7.67. The second-order valence-electron chi connectivity index (χ2n) is 8.25. The van der Waals surface area contributed by atoms with Gasteiger partial charge in [0.2, 0.25) is 0 Å². The fraction of sp³-hybridized carbons (Fsp3) is 0.435. The number of carbonyl (C=O) groups is 1. The molecule has 1 aromatic carbocycles. The topological polar surface area (TPSA) is 61.4 Å². The fourth-order valence-electron chi connectivity index (χ4n) is 4.53. The van der Waals surface area contributed by atoms with E-state index in [1.54, 1.807) is 11.8 Å². The fourth-order valence-corrected chi connectivity index (χ4v) is 5.75. The summed E-state index contributed by atoms with van der Waals surface area (Å²) < 4.78 is 0. The van der Waals surface area contributed by atoms with Gasteiger partial charge in [-0.3, -0.25) is 4.79 Å². The molecule has 4 rings (SSSR count). The Bertz CT molecular complexity index is 913. The zero-order chi connectivity index (χ0) is 20.1. The number of benzene rings is 1. The first-order valence-electron chi connectivity index (χ1n) is 9.96. The van der Waals surface area contributed by atoms with Crippen LogP contribution in [0.3, 0.4) is 0 Å². The van der Waals surface area contributed by atoms with Gasteiger partial charge in [-0.1, -0.05) is 38.1 Å². The van der Waals surface area contributed by atoms with Crippen LogP contribution in [0.15, 0.2) is 52.2 Å². The number of hydrogen-bond donors (Lipinski definition) is 3. The van der Waals surface area contributed by atoms with E-state index in [-0.39, 0.29) is 11.8 Å². The zero-order valence-electron chi connectivity index (χ0n) is 16.9. The predicted molar refractivity (Wildman–Crippen MR) is 116 cm³/mol. The maximum Gasteiger partial charge on any atom is 0.258 e. The van der Waals surface area contributed by atoms with Crippen molar-refractivity contribution in [2.24, 2.45) is 11.8 Å². The molecule has 1 amide bonds. The van der Waals surface area contributed by atoms with Crippen LogP contribution in [0.1, 0.15) is 31.9 Å². The number of amides is 1. The molecule has 3 aliphatic rings. The van der Waals surface area contributed by atoms with Crippen molar-refractivity contribution in [1.29, 1.82) is 0 Å². The van der Waals surface area contributed by atoms with Crippen LogP contribution in [-0.2, 0) is 11.2 Å². The van der Waals surface area contributed by atoms with Crippen LogP contribution < -0.4 is 10.6 Å². The van der Waals surface area contributed by atoms with Crippen LogP contribution in [0.2, 0.25) is 0 Å². The van der Waals surface area contributed by atoms with Gasteiger partial charge in [0.25, 0.3) is 5.91 Å². The molecule has 2 aliphatic heterocycles. The van der Waals surface area contributed by atoms with Crippen molar-refractivity contribution >= 4 is 23.2 Å². The van der Waals surface area contributed by atoms with Gasteiger partial charge in [0.15, 0.2) is 0 Å². The molecule has 1 aromatic rings. The van der Waals surface area contributed by atoms with Crippen LogP contribution in [0.25, 0.3) is 5.57 Å². The highest BCUT2D eigenvalue weighted by atomic mass is 32.2. The van der Waals surface area contributed by atoms with Crippen LogP contribution >= 0.6 is 11.8 Å². The van der Waals surface area contributed by atoms with Gasteiger partial charge in [-0.25, -0.2) is 0 Å². The summed E-state index contributed by atoms with van der Waals surface area (Å²) in [6, 6.07) is 8.45. The molecule has 0 aromatic heterocycles. The third-order valence-electron chi connectivity index (χ3n) is 6.31. The van der Waals surface area contributed by atoms with Crippen molar-refractivity contribution in [2.45, 2.75) is 32.7 Å². The molecule has 0 radical (unpaired) electrons. The van der Waals surface area contributed by atoms with Crippen LogP contribution in [0.4, 0.5) is 0 Å². The van der Waals surface area contributed by atoms with E-state index < -0.39 is 5.54 Å². The Morgan fingerprint density at radius 3 is 2.68 bits per heavy atom. The second kappa shape index (κ2) is 7.12. The maximum absolute atomic E-state index is 12.8. The monoisotopic (exact) mass is 396 g/mol. The molecule has 5 heteroatoms. The highest BCUT2D eigenvalue weighted by Gasteiger charge is 2.50. The minimum absolute atomic E-state index is 0.0111. The Morgan fingerprint density at radius 2 is 2.00 bits per heavy atom. The minimum atomic E-state index is -0.512. The summed E-state index contributed by atoms with van der Waals surface area (Å²) in [4.78, 5) is 13.6. The molecule has 0 bridgehead atoms. The van der Waals surface area contributed by atoms with E-state index in [1.165, 1.54) is 5.56 Å². The Kier molecular flexibility index (Phi) is 4.92. The standard InChI is InChI=1S/C23H28N2O2S/c1-13-12-28-21-18(13)20-19(16-7-5-15(6-8-16)9-10-24-4)17(26)11-14(2)23(20,3)25-22(21)27/h5-8,11,13-14,24,26H,9-10,12H2,1-4H3,(H,25,27). The lowest BCUT2D eigenvalue weighted by atomic mass is 9.66. The number of aliphatic hydroxyl groups excluding tert-OH is 1. The number of thioether (sulfide) groups is 1. The van der Waals surface area contributed by atoms with Crippen molar-refractivity contribution in [3.63, 3.8) is 0 Å². The van der Waals surface area contributed by atoms with E-state index in [4.69, 9.17) is 0 Å². The van der Waals surface area contributed by atoms with E-state index in [0.29, 0.717) is 11.7 Å². The van der Waals surface area contributed by atoms with E-state index >= 15 is 0 Å². The molecule has 148 valence electrons. The molecular formula is C23H28N2O2S. The second-order valence-corrected chi connectivity index (χ2v) is 9.28. The molecule has 3 N–H and O–H groups in total. The molecule has 0 saturated heterocycles. The number of rotatable bonds is 4. The first-order valence-corrected chi connectivity index (χ1v) is 10.9. The van der Waals surface area contributed by atoms with Gasteiger partial charge >= 0.3 is 0 Å². The quantitative estimate of drug-likeness (QED) is 0.724. The summed E-state index contributed by atoms with van der Waals surface area (Å²) in [5, 5.41) is 17.4. The van der Waals surface area contributed by atoms with Crippen molar-refractivity contribution in [3.05, 3.63) is 63.3 Å². The predicted octanol–water partition coefficient (Wildman–Crippen LogP) is 3.82. The molecule has 1 aliphatic carbocycles. The highest BCUT2D eigenvalue weighted by Crippen LogP contribution is 2.53. The molecule has 0 saturated carbocycles. The maximum atomic E-state index is 12.8. The zero-order valence-corrected chi connectivity index (χ0v) is 17.7. The average Bonchev–Trinajstić information content (AvgIpc) is 3.05. The number of allylic oxidation sites excluding steroid dienone is 1. The number of likely N-dealkylation sites (N-methyl/N-ethyl adjacent to an activating group) is 1. The van der Waals surface area contributed by atoms with E-state index in [2.05, 4.69) is 55.7 Å². The summed E-state index contributed by atoms with van der Waals surface area (Å²) in [6.07, 6.45) is 2.85. The van der Waals surface area contributed by atoms with Crippen LogP contribution in [-0.4, -0.2) is 35.9 Å². The van der Waals surface area contributed by atoms with Gasteiger partial charge < -0.3 is 15.7 Å². The van der Waals surface area contributed by atoms with E-state index in [0.717, 1.165) is 45.9 Å². The average molecular weight is 397 g/mol. The number of hydrogen-bond acceptors (Lipinski definition) is 4. The normalized spacial score (nSPS) is 29.4. The molecule has 0 spiro atoms. The van der Waals surface area contributed by atoms with Gasteiger partial charge in [0.05, 0.1) is 10.4 Å². The summed E-state index contributed by atoms with van der Waals surface area (Å²) >= 11 is 1.63. The first kappa shape index (κ1) is 19.3. The van der Waals surface area contributed by atoms with Crippen molar-refractivity contribution < 1.29 is 9.90 Å². The van der Waals surface area contributed by atoms with E-state index in [9.17, 15) is 9.90 Å². The highest BCUT2D eigenvalue weighted by molar-refractivity contribution is 8.04. The largest absolute Gasteiger partial charge is 0.508 e. The third kappa shape index (κ3) is 2.92. The Labute approximate surface area is 171 Å². The number of nitrogens with one attached hydrogen (secondary N) is 2. The summed E-state index contributed by atoms with van der Waals surface area (Å²) in [5.41, 5.74) is 4.83. The molecule has 28 heavy (non-hydrogen) atoms. The van der Waals surface area contributed by atoms with Crippen molar-refractivity contribution in [3.8, 4) is 0 Å². The van der Waals surface area contributed by atoms with Gasteiger partial charge in [-0.2, -0.15) is 0 Å². The summed E-state index contributed by atoms with van der Waals surface area (Å²) in [7, 11) is 1.96. The van der Waals surface area contributed by atoms with Crippen molar-refractivity contribution in [1.82, 2.24) is 10.6 Å². The van der Waals surface area contributed by atoms with Gasteiger partial charge in [0.1, 0.15) is 5.76 Å². The van der Waals surface area contributed by atoms with Crippen LogP contribution in [0, 0.1) is 11.8 Å². The molecule has 4 nitrogen and oxygen atoms in total. The van der Waals surface area contributed by atoms with E-state index in [1.807, 2.05) is 13.1 Å². The minimum Gasteiger partial charge on any atom is -0.508 e. The molecule has 0 fully saturated rings. The van der Waals surface area contributed by atoms with Gasteiger partial charge in [0, 0.05) is 17.2 Å². The molecule has 3 unspecified atom stereocenters. The smallest absolute Gasteiger partial charge is 0.258 e. The molecular weight excluding hydrogens is 368 g/mol. The van der Waals surface area contributed by atoms with Crippen LogP contribution in [0.5, 0.6) is 0 Å². The number of carbonyl (C=O) groups excluding carboxylic acids is 1. The van der Waals surface area contributed by atoms with Gasteiger partial charge in [-0.15, -0.1) is 11.8 Å². The summed E-state index contributed by atoms with van der Waals surface area (Å²) in [5.74, 6) is 1.56. The lowest BCUT2D eigenvalue weighted by Crippen LogP contribution is -2.56. The first-order chi connectivity index (χ1) is 13.4. The summed E-state index contributed by atoms with van der Waals surface area (Å²) in [6.45, 7) is 7.27. The number of aliphatic hydroxyl groups is 1. The van der Waals surface area contributed by atoms with Gasteiger partial charge in [-0.05, 0) is 61.2 Å². The Morgan fingerprint density at radius 1 is 1.29 bits per heavy atom. The van der Waals surface area contributed by atoms with Crippen molar-refractivity contribution in [2.75, 3.05) is 19.3 Å². The SMILES string of the molecule is CNCCc1ccc(C2=C3C4=C(SCC4C)C(=O)NC3(C)C(C)C=C2O)cc1. The molecule has 3 atom stereocenters. The lowest BCUT2D eigenvalue weighted by molar-refractivity contribution is -0.118. The molecule has 2 heterocycles.